The number of nitrogens with zero attached hydrogens (tertiary/aromatic N) is 1. The van der Waals surface area contributed by atoms with E-state index in [1.807, 2.05) is 0 Å². The van der Waals surface area contributed by atoms with Gasteiger partial charge in [-0.05, 0) is 31.0 Å². The highest BCUT2D eigenvalue weighted by Crippen LogP contribution is 2.28. The van der Waals surface area contributed by atoms with Crippen LogP contribution in [0.4, 0.5) is 0 Å². The van der Waals surface area contributed by atoms with Crippen LogP contribution in [0.2, 0.25) is 0 Å². The van der Waals surface area contributed by atoms with E-state index in [1.54, 1.807) is 0 Å². The predicted molar refractivity (Wildman–Crippen MR) is 86.7 cm³/mol. The summed E-state index contributed by atoms with van der Waals surface area (Å²) in [6.45, 7) is 8.27. The fourth-order valence-electron chi connectivity index (χ4n) is 1.95. The van der Waals surface area contributed by atoms with Crippen molar-refractivity contribution in [1.29, 1.82) is 0 Å². The molecule has 0 unspecified atom stereocenters. The molecule has 5 heteroatoms. The quantitative estimate of drug-likeness (QED) is 0.806. The lowest BCUT2D eigenvalue weighted by Crippen LogP contribution is -2.19. The Labute approximate surface area is 129 Å². The van der Waals surface area contributed by atoms with E-state index < -0.39 is 0 Å². The van der Waals surface area contributed by atoms with Gasteiger partial charge in [-0.15, -0.1) is 0 Å². The molecule has 1 aromatic heterocycles. The Morgan fingerprint density at radius 3 is 2.86 bits per heavy atom. The van der Waals surface area contributed by atoms with Gasteiger partial charge in [-0.3, -0.25) is 4.79 Å². The number of nitrogens with one attached hydrogen (secondary N) is 2. The first kappa shape index (κ1) is 15.8. The summed E-state index contributed by atoms with van der Waals surface area (Å²) in [6.07, 6.45) is 1.53. The number of rotatable bonds is 6. The minimum Gasteiger partial charge on any atom is -0.312 e. The standard InChI is InChI=1S/C16H21N3OS/c1-11(2)9-17-10-13-8-12(3)4-5-14(13)21-16-18-7-6-15(20)19-16/h4-8,11,17H,9-10H2,1-3H3,(H,18,19,20). The first-order chi connectivity index (χ1) is 10.0. The van der Waals surface area contributed by atoms with E-state index in [2.05, 4.69) is 54.3 Å². The molecular weight excluding hydrogens is 282 g/mol. The fraction of sp³-hybridized carbons (Fsp3) is 0.375. The van der Waals surface area contributed by atoms with Crippen molar-refractivity contribution in [2.24, 2.45) is 5.92 Å². The van der Waals surface area contributed by atoms with E-state index in [0.29, 0.717) is 11.1 Å². The molecule has 0 aliphatic carbocycles. The Balaban J connectivity index is 2.16. The van der Waals surface area contributed by atoms with Crippen LogP contribution in [0.15, 0.2) is 45.3 Å². The Morgan fingerprint density at radius 2 is 2.14 bits per heavy atom. The number of aromatic nitrogens is 2. The van der Waals surface area contributed by atoms with Gasteiger partial charge in [0.2, 0.25) is 0 Å². The monoisotopic (exact) mass is 303 g/mol. The van der Waals surface area contributed by atoms with E-state index >= 15 is 0 Å². The van der Waals surface area contributed by atoms with E-state index in [4.69, 9.17) is 0 Å². The number of aryl methyl sites for hydroxylation is 1. The number of aromatic amines is 1. The van der Waals surface area contributed by atoms with E-state index in [9.17, 15) is 4.79 Å². The molecular formula is C16H21N3OS. The SMILES string of the molecule is Cc1ccc(Sc2nccc(=O)[nH]2)c(CNCC(C)C)c1. The van der Waals surface area contributed by atoms with Gasteiger partial charge in [-0.1, -0.05) is 43.3 Å². The molecule has 0 saturated heterocycles. The lowest BCUT2D eigenvalue weighted by molar-refractivity contribution is 0.550. The van der Waals surface area contributed by atoms with Crippen molar-refractivity contribution in [2.75, 3.05) is 6.54 Å². The van der Waals surface area contributed by atoms with Gasteiger partial charge in [0.15, 0.2) is 5.16 Å². The van der Waals surface area contributed by atoms with Crippen LogP contribution in [-0.2, 0) is 6.54 Å². The maximum Gasteiger partial charge on any atom is 0.251 e. The Bertz CT molecular complexity index is 652. The average molecular weight is 303 g/mol. The van der Waals surface area contributed by atoms with E-state index in [0.717, 1.165) is 18.0 Å². The molecule has 2 rings (SSSR count). The van der Waals surface area contributed by atoms with Crippen molar-refractivity contribution in [3.63, 3.8) is 0 Å². The predicted octanol–water partition coefficient (Wildman–Crippen LogP) is 2.98. The summed E-state index contributed by atoms with van der Waals surface area (Å²) in [5.74, 6) is 0.623. The van der Waals surface area contributed by atoms with Crippen molar-refractivity contribution in [2.45, 2.75) is 37.4 Å². The van der Waals surface area contributed by atoms with Crippen LogP contribution in [-0.4, -0.2) is 16.5 Å². The summed E-state index contributed by atoms with van der Waals surface area (Å²) in [5, 5.41) is 4.08. The molecule has 0 amide bonds. The van der Waals surface area contributed by atoms with Gasteiger partial charge in [0.25, 0.3) is 5.56 Å². The fourth-order valence-corrected chi connectivity index (χ4v) is 2.82. The molecule has 21 heavy (non-hydrogen) atoms. The molecule has 4 nitrogen and oxygen atoms in total. The largest absolute Gasteiger partial charge is 0.312 e. The highest BCUT2D eigenvalue weighted by atomic mass is 32.2. The molecule has 0 bridgehead atoms. The van der Waals surface area contributed by atoms with Crippen molar-refractivity contribution < 1.29 is 0 Å². The number of hydrogen-bond donors (Lipinski definition) is 2. The number of benzene rings is 1. The van der Waals surface area contributed by atoms with Crippen LogP contribution < -0.4 is 10.9 Å². The molecule has 1 aromatic carbocycles. The Morgan fingerprint density at radius 1 is 1.33 bits per heavy atom. The number of H-pyrrole nitrogens is 1. The second-order valence-electron chi connectivity index (χ2n) is 5.48. The van der Waals surface area contributed by atoms with Gasteiger partial charge in [-0.2, -0.15) is 0 Å². The molecule has 0 saturated carbocycles. The van der Waals surface area contributed by atoms with Crippen molar-refractivity contribution in [3.05, 3.63) is 51.9 Å². The highest BCUT2D eigenvalue weighted by molar-refractivity contribution is 7.99. The topological polar surface area (TPSA) is 57.8 Å². The van der Waals surface area contributed by atoms with Crippen molar-refractivity contribution in [3.8, 4) is 0 Å². The summed E-state index contributed by atoms with van der Waals surface area (Å²) in [6, 6.07) is 7.76. The first-order valence-electron chi connectivity index (χ1n) is 7.08. The normalized spacial score (nSPS) is 11.0. The van der Waals surface area contributed by atoms with Crippen molar-refractivity contribution >= 4 is 11.8 Å². The summed E-state index contributed by atoms with van der Waals surface area (Å²) in [5.41, 5.74) is 2.33. The molecule has 1 heterocycles. The third-order valence-corrected chi connectivity index (χ3v) is 3.96. The smallest absolute Gasteiger partial charge is 0.251 e. The Hall–Kier alpha value is -1.59. The molecule has 0 radical (unpaired) electrons. The minimum atomic E-state index is -0.126. The van der Waals surface area contributed by atoms with Crippen LogP contribution in [0.25, 0.3) is 0 Å². The zero-order valence-corrected chi connectivity index (χ0v) is 13.5. The van der Waals surface area contributed by atoms with Crippen molar-refractivity contribution in [1.82, 2.24) is 15.3 Å². The van der Waals surface area contributed by atoms with Crippen LogP contribution in [0, 0.1) is 12.8 Å². The molecule has 0 atom stereocenters. The van der Waals surface area contributed by atoms with Gasteiger partial charge < -0.3 is 10.3 Å². The van der Waals surface area contributed by atoms with Crippen LogP contribution in [0.1, 0.15) is 25.0 Å². The zero-order valence-electron chi connectivity index (χ0n) is 12.6. The van der Waals surface area contributed by atoms with Crippen LogP contribution >= 0.6 is 11.8 Å². The maximum atomic E-state index is 11.3. The minimum absolute atomic E-state index is 0.126. The third-order valence-electron chi connectivity index (χ3n) is 2.94. The highest BCUT2D eigenvalue weighted by Gasteiger charge is 2.07. The lowest BCUT2D eigenvalue weighted by atomic mass is 10.1. The first-order valence-corrected chi connectivity index (χ1v) is 7.89. The summed E-state index contributed by atoms with van der Waals surface area (Å²) in [7, 11) is 0. The molecule has 0 fully saturated rings. The van der Waals surface area contributed by atoms with E-state index in [-0.39, 0.29) is 5.56 Å². The molecule has 0 aliphatic heterocycles. The molecule has 0 spiro atoms. The van der Waals surface area contributed by atoms with E-state index in [1.165, 1.54) is 35.2 Å². The third kappa shape index (κ3) is 5.02. The van der Waals surface area contributed by atoms with Gasteiger partial charge >= 0.3 is 0 Å². The maximum absolute atomic E-state index is 11.3. The lowest BCUT2D eigenvalue weighted by Gasteiger charge is -2.12. The molecule has 2 N–H and O–H groups in total. The van der Waals surface area contributed by atoms with Gasteiger partial charge in [-0.25, -0.2) is 4.98 Å². The van der Waals surface area contributed by atoms with Crippen LogP contribution in [0.3, 0.4) is 0 Å². The second-order valence-corrected chi connectivity index (χ2v) is 6.51. The van der Waals surface area contributed by atoms with Gasteiger partial charge in [0.05, 0.1) is 0 Å². The molecule has 2 aromatic rings. The zero-order chi connectivity index (χ0) is 15.2. The average Bonchev–Trinajstić information content (AvgIpc) is 2.41. The molecule has 112 valence electrons. The Kier molecular flexibility index (Phi) is 5.59. The summed E-state index contributed by atoms with van der Waals surface area (Å²) >= 11 is 1.49. The second kappa shape index (κ2) is 7.43. The summed E-state index contributed by atoms with van der Waals surface area (Å²) < 4.78 is 0. The number of hydrogen-bond acceptors (Lipinski definition) is 4. The van der Waals surface area contributed by atoms with Gasteiger partial charge in [0, 0.05) is 23.7 Å². The van der Waals surface area contributed by atoms with Crippen LogP contribution in [0.5, 0.6) is 0 Å². The summed E-state index contributed by atoms with van der Waals surface area (Å²) in [4.78, 5) is 19.4. The van der Waals surface area contributed by atoms with Gasteiger partial charge in [0.1, 0.15) is 0 Å². The molecule has 0 aliphatic rings.